The van der Waals surface area contributed by atoms with Gasteiger partial charge in [0.05, 0.1) is 21.0 Å². The zero-order valence-electron chi connectivity index (χ0n) is 31.8. The molecule has 1 fully saturated rings. The summed E-state index contributed by atoms with van der Waals surface area (Å²) in [7, 11) is 2.10. The number of aromatic nitrogens is 4. The van der Waals surface area contributed by atoms with Crippen molar-refractivity contribution in [2.75, 3.05) is 58.3 Å². The Morgan fingerprint density at radius 2 is 1.81 bits per heavy atom. The van der Waals surface area contributed by atoms with Crippen molar-refractivity contribution in [3.05, 3.63) is 95.0 Å². The van der Waals surface area contributed by atoms with Crippen molar-refractivity contribution in [2.45, 2.75) is 32.2 Å². The van der Waals surface area contributed by atoms with Gasteiger partial charge < -0.3 is 34.0 Å². The second kappa shape index (κ2) is 18.1. The van der Waals surface area contributed by atoms with Crippen LogP contribution >= 0.6 is 22.9 Å². The SMILES string of the molecule is Cc1c(-c2c(-c3ccc(F)o3)sc3ncnc(N[C@H](Cc4ccccc4OCc4ccnc(OCC(F)(F)F)n4)C(=O)O)c23)ccc(OCCN2CCN(C)CC2)c1Cl. The number of hydrogen-bond donors (Lipinski definition) is 2. The molecule has 6 aromatic rings. The molecule has 0 amide bonds. The van der Waals surface area contributed by atoms with Crippen LogP contribution in [0.15, 0.2) is 71.5 Å². The van der Waals surface area contributed by atoms with Crippen molar-refractivity contribution in [3.63, 3.8) is 0 Å². The molecule has 13 nitrogen and oxygen atoms in total. The first kappa shape index (κ1) is 41.6. The number of para-hydroxylation sites is 1. The van der Waals surface area contributed by atoms with Crippen LogP contribution in [0.25, 0.3) is 32.0 Å². The second-order valence-corrected chi connectivity index (χ2v) is 15.1. The first-order chi connectivity index (χ1) is 28.3. The molecule has 1 atom stereocenters. The van der Waals surface area contributed by atoms with Crippen LogP contribution in [0.5, 0.6) is 17.5 Å². The maximum absolute atomic E-state index is 14.3. The average Bonchev–Trinajstić information content (AvgIpc) is 3.83. The van der Waals surface area contributed by atoms with Gasteiger partial charge in [-0.15, -0.1) is 11.3 Å². The van der Waals surface area contributed by atoms with Gasteiger partial charge in [-0.25, -0.2) is 19.7 Å². The van der Waals surface area contributed by atoms with E-state index in [1.807, 2.05) is 13.0 Å². The summed E-state index contributed by atoms with van der Waals surface area (Å²) in [4.78, 5) is 35.2. The topological polar surface area (TPSA) is 148 Å². The number of hydrogen-bond acceptors (Lipinski definition) is 13. The Kier molecular flexibility index (Phi) is 12.8. The van der Waals surface area contributed by atoms with Crippen LogP contribution in [0.3, 0.4) is 0 Å². The molecule has 4 aromatic heterocycles. The number of anilines is 1. The first-order valence-corrected chi connectivity index (χ1v) is 19.6. The maximum Gasteiger partial charge on any atom is 0.422 e. The molecule has 0 radical (unpaired) electrons. The van der Waals surface area contributed by atoms with E-state index in [9.17, 15) is 27.5 Å². The molecule has 0 aliphatic carbocycles. The number of nitrogens with one attached hydrogen (secondary N) is 1. The third-order valence-corrected chi connectivity index (χ3v) is 11.2. The molecule has 1 aliphatic rings. The lowest BCUT2D eigenvalue weighted by Gasteiger charge is -2.32. The lowest BCUT2D eigenvalue weighted by atomic mass is 9.97. The van der Waals surface area contributed by atoms with Crippen LogP contribution in [0, 0.1) is 12.9 Å². The van der Waals surface area contributed by atoms with Crippen molar-refractivity contribution in [1.82, 2.24) is 29.7 Å². The summed E-state index contributed by atoms with van der Waals surface area (Å²) in [5.74, 6) is 0.0535. The molecular weight excluding hydrogens is 818 g/mol. The van der Waals surface area contributed by atoms with Gasteiger partial charge in [-0.2, -0.15) is 22.5 Å². The quantitative estimate of drug-likeness (QED) is 0.0915. The van der Waals surface area contributed by atoms with Gasteiger partial charge in [0, 0.05) is 57.0 Å². The fourth-order valence-corrected chi connectivity index (χ4v) is 7.87. The number of furan rings is 1. The summed E-state index contributed by atoms with van der Waals surface area (Å²) in [6.07, 6.45) is -2.09. The Labute approximate surface area is 344 Å². The Morgan fingerprint density at radius 1 is 1.02 bits per heavy atom. The van der Waals surface area contributed by atoms with Crippen molar-refractivity contribution >= 4 is 44.9 Å². The highest BCUT2D eigenvalue weighted by Crippen LogP contribution is 2.49. The molecule has 0 unspecified atom stereocenters. The van der Waals surface area contributed by atoms with Crippen LogP contribution in [0.4, 0.5) is 23.4 Å². The summed E-state index contributed by atoms with van der Waals surface area (Å²) in [5.41, 5.74) is 2.61. The van der Waals surface area contributed by atoms with E-state index in [2.05, 4.69) is 46.8 Å². The van der Waals surface area contributed by atoms with Gasteiger partial charge >= 0.3 is 18.2 Å². The molecule has 59 heavy (non-hydrogen) atoms. The number of carboxylic acid groups (broad SMARTS) is 1. The molecule has 7 rings (SSSR count). The zero-order chi connectivity index (χ0) is 41.7. The molecule has 2 aromatic carbocycles. The van der Waals surface area contributed by atoms with E-state index >= 15 is 0 Å². The number of aliphatic carboxylic acids is 1. The number of benzene rings is 2. The number of carboxylic acids is 1. The molecule has 0 bridgehead atoms. The summed E-state index contributed by atoms with van der Waals surface area (Å²) in [6.45, 7) is 5.19. The van der Waals surface area contributed by atoms with Crippen molar-refractivity contribution < 1.29 is 46.1 Å². The predicted molar refractivity (Wildman–Crippen MR) is 213 cm³/mol. The van der Waals surface area contributed by atoms with E-state index in [0.29, 0.717) is 60.5 Å². The number of rotatable bonds is 16. The molecule has 310 valence electrons. The summed E-state index contributed by atoms with van der Waals surface area (Å²) in [5, 5.41) is 14.5. The summed E-state index contributed by atoms with van der Waals surface area (Å²) in [6, 6.07) is 12.0. The number of likely N-dealkylation sites (N-methyl/N-ethyl adjacent to an activating group) is 1. The number of nitrogens with zero attached hydrogens (tertiary/aromatic N) is 6. The van der Waals surface area contributed by atoms with E-state index in [-0.39, 0.29) is 30.3 Å². The maximum atomic E-state index is 14.3. The third-order valence-electron chi connectivity index (χ3n) is 9.60. The van der Waals surface area contributed by atoms with Gasteiger partial charge in [-0.05, 0) is 54.9 Å². The number of piperazine rings is 1. The van der Waals surface area contributed by atoms with Gasteiger partial charge in [0.15, 0.2) is 6.61 Å². The number of halogens is 5. The van der Waals surface area contributed by atoms with E-state index < -0.39 is 36.8 Å². The van der Waals surface area contributed by atoms with E-state index in [1.165, 1.54) is 42.1 Å². The van der Waals surface area contributed by atoms with Gasteiger partial charge in [0.25, 0.3) is 6.01 Å². The lowest BCUT2D eigenvalue weighted by Crippen LogP contribution is -2.45. The average molecular weight is 856 g/mol. The van der Waals surface area contributed by atoms with Crippen LogP contribution in [-0.4, -0.2) is 106 Å². The first-order valence-electron chi connectivity index (χ1n) is 18.4. The highest BCUT2D eigenvalue weighted by Gasteiger charge is 2.30. The molecule has 5 heterocycles. The van der Waals surface area contributed by atoms with Crippen molar-refractivity contribution in [3.8, 4) is 39.3 Å². The van der Waals surface area contributed by atoms with Gasteiger partial charge in [0.1, 0.15) is 53.5 Å². The minimum Gasteiger partial charge on any atom is -0.491 e. The highest BCUT2D eigenvalue weighted by molar-refractivity contribution is 7.22. The Balaban J connectivity index is 1.16. The summed E-state index contributed by atoms with van der Waals surface area (Å²) >= 11 is 8.19. The second-order valence-electron chi connectivity index (χ2n) is 13.7. The predicted octanol–water partition coefficient (Wildman–Crippen LogP) is 7.76. The molecule has 19 heteroatoms. The molecule has 1 aliphatic heterocycles. The third kappa shape index (κ3) is 10.2. The smallest absolute Gasteiger partial charge is 0.422 e. The van der Waals surface area contributed by atoms with Crippen LogP contribution < -0.4 is 19.5 Å². The van der Waals surface area contributed by atoms with Gasteiger partial charge in [0.2, 0.25) is 0 Å². The van der Waals surface area contributed by atoms with E-state index in [4.69, 9.17) is 25.5 Å². The van der Waals surface area contributed by atoms with E-state index in [0.717, 1.165) is 32.7 Å². The molecule has 0 saturated carbocycles. The monoisotopic (exact) mass is 855 g/mol. The fourth-order valence-electron chi connectivity index (χ4n) is 6.53. The Morgan fingerprint density at radius 3 is 2.56 bits per heavy atom. The van der Waals surface area contributed by atoms with Crippen LogP contribution in [0.2, 0.25) is 5.02 Å². The summed E-state index contributed by atoms with van der Waals surface area (Å²) < 4.78 is 74.5. The Bertz CT molecular complexity index is 2420. The van der Waals surface area contributed by atoms with Gasteiger partial charge in [-0.3, -0.25) is 4.90 Å². The molecule has 0 spiro atoms. The van der Waals surface area contributed by atoms with Crippen molar-refractivity contribution in [2.24, 2.45) is 0 Å². The zero-order valence-corrected chi connectivity index (χ0v) is 33.3. The number of alkyl halides is 3. The Hall–Kier alpha value is -5.56. The standard InChI is InChI=1S/C40H38ClF4N7O6S/c1-23-26(7-8-29(34(23)41)55-18-17-52-15-13-51(2)14-16-52)32-33-36(47-22-48-37(33)59-35(32)30-9-10-31(42)58-30)50-27(38(53)54)19-24-5-3-4-6-28(24)56-20-25-11-12-46-39(49-25)57-21-40(43,44)45/h3-12,22,27H,13-21H2,1-2H3,(H,53,54)(H,47,48,50)/t27-/m1/s1. The number of thiophene rings is 1. The van der Waals surface area contributed by atoms with Crippen LogP contribution in [-0.2, 0) is 17.8 Å². The minimum atomic E-state index is -4.56. The van der Waals surface area contributed by atoms with Gasteiger partial charge in [-0.1, -0.05) is 35.9 Å². The number of fused-ring (bicyclic) bond motifs is 1. The number of ether oxygens (including phenoxy) is 3. The molecule has 2 N–H and O–H groups in total. The normalized spacial score (nSPS) is 14.4. The molecule has 1 saturated heterocycles. The fraction of sp³-hybridized carbons (Fsp3) is 0.325. The highest BCUT2D eigenvalue weighted by atomic mass is 35.5. The van der Waals surface area contributed by atoms with E-state index in [1.54, 1.807) is 30.3 Å². The largest absolute Gasteiger partial charge is 0.491 e. The van der Waals surface area contributed by atoms with Crippen molar-refractivity contribution in [1.29, 1.82) is 0 Å². The number of carbonyl (C=O) groups is 1. The molecular formula is C40H38ClF4N7O6S. The van der Waals surface area contributed by atoms with Crippen LogP contribution in [0.1, 0.15) is 16.8 Å². The minimum absolute atomic E-state index is 0.0819. The lowest BCUT2D eigenvalue weighted by molar-refractivity contribution is -0.154.